The number of likely N-dealkylation sites (tertiary alicyclic amines) is 1. The summed E-state index contributed by atoms with van der Waals surface area (Å²) in [6.07, 6.45) is 5.80. The fourth-order valence-corrected chi connectivity index (χ4v) is 3.09. The van der Waals surface area contributed by atoms with Crippen molar-refractivity contribution in [3.63, 3.8) is 0 Å². The first kappa shape index (κ1) is 15.7. The second kappa shape index (κ2) is 6.54. The lowest BCUT2D eigenvalue weighted by molar-refractivity contribution is -0.132. The summed E-state index contributed by atoms with van der Waals surface area (Å²) < 4.78 is 7.14. The smallest absolute Gasteiger partial charge is 0.236 e. The maximum Gasteiger partial charge on any atom is 0.236 e. The molecular formula is C16H23N5O2. The van der Waals surface area contributed by atoms with Crippen LogP contribution in [0.25, 0.3) is 0 Å². The Balaban J connectivity index is 1.60. The molecule has 3 rings (SSSR count). The number of carbonyl (C=O) groups is 1. The minimum Gasteiger partial charge on any atom is -0.359 e. The van der Waals surface area contributed by atoms with E-state index in [4.69, 9.17) is 4.52 Å². The van der Waals surface area contributed by atoms with Crippen molar-refractivity contribution in [2.75, 3.05) is 20.1 Å². The van der Waals surface area contributed by atoms with E-state index in [9.17, 15) is 4.79 Å². The number of aromatic nitrogens is 3. The molecule has 1 aliphatic heterocycles. The largest absolute Gasteiger partial charge is 0.359 e. The van der Waals surface area contributed by atoms with Crippen molar-refractivity contribution >= 4 is 5.91 Å². The van der Waals surface area contributed by atoms with Crippen LogP contribution in [0.3, 0.4) is 0 Å². The number of carbonyl (C=O) groups excluding carboxylic acids is 1. The van der Waals surface area contributed by atoms with Gasteiger partial charge in [-0.3, -0.25) is 14.4 Å². The first-order chi connectivity index (χ1) is 11.0. The first-order valence-corrected chi connectivity index (χ1v) is 7.91. The lowest BCUT2D eigenvalue weighted by atomic mass is 10.1. The van der Waals surface area contributed by atoms with E-state index in [0.717, 1.165) is 36.4 Å². The van der Waals surface area contributed by atoms with Crippen molar-refractivity contribution < 1.29 is 9.32 Å². The molecule has 23 heavy (non-hydrogen) atoms. The monoisotopic (exact) mass is 317 g/mol. The fraction of sp³-hybridized carbons (Fsp3) is 0.562. The Kier molecular flexibility index (Phi) is 4.47. The van der Waals surface area contributed by atoms with Crippen LogP contribution in [-0.2, 0) is 18.4 Å². The van der Waals surface area contributed by atoms with Gasteiger partial charge in [-0.1, -0.05) is 5.16 Å². The molecule has 0 aliphatic carbocycles. The van der Waals surface area contributed by atoms with Crippen molar-refractivity contribution in [3.05, 3.63) is 35.5 Å². The number of hydrogen-bond acceptors (Lipinski definition) is 5. The van der Waals surface area contributed by atoms with Crippen molar-refractivity contribution in [3.8, 4) is 0 Å². The first-order valence-electron chi connectivity index (χ1n) is 7.91. The summed E-state index contributed by atoms with van der Waals surface area (Å²) in [7, 11) is 3.71. The van der Waals surface area contributed by atoms with Gasteiger partial charge < -0.3 is 9.42 Å². The van der Waals surface area contributed by atoms with Gasteiger partial charge in [0.05, 0.1) is 24.5 Å². The zero-order valence-electron chi connectivity index (χ0n) is 13.9. The number of amides is 1. The Hall–Kier alpha value is -2.15. The van der Waals surface area contributed by atoms with Gasteiger partial charge in [-0.15, -0.1) is 0 Å². The Morgan fingerprint density at radius 3 is 3.00 bits per heavy atom. The highest BCUT2D eigenvalue weighted by atomic mass is 16.5. The highest BCUT2D eigenvalue weighted by molar-refractivity contribution is 5.78. The maximum absolute atomic E-state index is 12.5. The summed E-state index contributed by atoms with van der Waals surface area (Å²) in [5, 5.41) is 8.10. The predicted octanol–water partition coefficient (Wildman–Crippen LogP) is 1.51. The summed E-state index contributed by atoms with van der Waals surface area (Å²) >= 11 is 0. The third-order valence-corrected chi connectivity index (χ3v) is 4.28. The molecule has 7 nitrogen and oxygen atoms in total. The molecule has 0 aromatic carbocycles. The molecule has 1 unspecified atom stereocenters. The molecule has 1 atom stereocenters. The van der Waals surface area contributed by atoms with Crippen LogP contribution in [0.4, 0.5) is 0 Å². The highest BCUT2D eigenvalue weighted by Crippen LogP contribution is 2.31. The molecule has 124 valence electrons. The van der Waals surface area contributed by atoms with E-state index >= 15 is 0 Å². The van der Waals surface area contributed by atoms with Gasteiger partial charge >= 0.3 is 0 Å². The number of rotatable bonds is 5. The summed E-state index contributed by atoms with van der Waals surface area (Å²) in [5.74, 6) is 0.972. The Bertz CT molecular complexity index is 678. The fourth-order valence-electron chi connectivity index (χ4n) is 3.09. The average Bonchev–Trinajstić information content (AvgIpc) is 3.21. The summed E-state index contributed by atoms with van der Waals surface area (Å²) in [4.78, 5) is 16.4. The Morgan fingerprint density at radius 2 is 2.35 bits per heavy atom. The zero-order chi connectivity index (χ0) is 16.4. The van der Waals surface area contributed by atoms with Crippen LogP contribution in [0.5, 0.6) is 0 Å². The number of aryl methyl sites for hydroxylation is 2. The third-order valence-electron chi connectivity index (χ3n) is 4.28. The molecule has 2 aromatic rings. The van der Waals surface area contributed by atoms with E-state index in [-0.39, 0.29) is 11.9 Å². The molecule has 1 saturated heterocycles. The maximum atomic E-state index is 12.5. The Labute approximate surface area is 135 Å². The molecule has 7 heteroatoms. The van der Waals surface area contributed by atoms with E-state index < -0.39 is 0 Å². The standard InChI is InChI=1S/C16H23N5O2/c1-12-7-15(23-18-12)14-5-4-6-21(14)11-16(22)19(2)9-13-8-17-20(3)10-13/h7-8,10,14H,4-6,9,11H2,1-3H3. The molecule has 3 heterocycles. The second-order valence-corrected chi connectivity index (χ2v) is 6.27. The predicted molar refractivity (Wildman–Crippen MR) is 84.5 cm³/mol. The molecule has 0 bridgehead atoms. The van der Waals surface area contributed by atoms with Crippen LogP contribution in [0.2, 0.25) is 0 Å². The molecule has 0 spiro atoms. The van der Waals surface area contributed by atoms with Crippen LogP contribution in [-0.4, -0.2) is 50.8 Å². The van der Waals surface area contributed by atoms with E-state index in [1.807, 2.05) is 33.3 Å². The molecule has 0 radical (unpaired) electrons. The molecule has 2 aromatic heterocycles. The van der Waals surface area contributed by atoms with Crippen molar-refractivity contribution in [2.45, 2.75) is 32.4 Å². The molecule has 1 amide bonds. The van der Waals surface area contributed by atoms with E-state index in [0.29, 0.717) is 13.1 Å². The van der Waals surface area contributed by atoms with E-state index in [1.165, 1.54) is 0 Å². The molecular weight excluding hydrogens is 294 g/mol. The van der Waals surface area contributed by atoms with Gasteiger partial charge in [0.1, 0.15) is 0 Å². The van der Waals surface area contributed by atoms with Crippen LogP contribution < -0.4 is 0 Å². The normalized spacial score (nSPS) is 18.5. The minimum absolute atomic E-state index is 0.108. The van der Waals surface area contributed by atoms with Gasteiger partial charge in [0, 0.05) is 38.5 Å². The molecule has 0 N–H and O–H groups in total. The SMILES string of the molecule is Cc1cc(C2CCCN2CC(=O)N(C)Cc2cnn(C)c2)on1. The number of likely N-dealkylation sites (N-methyl/N-ethyl adjacent to an activating group) is 1. The van der Waals surface area contributed by atoms with Crippen LogP contribution in [0, 0.1) is 6.92 Å². The molecule has 1 aliphatic rings. The quantitative estimate of drug-likeness (QED) is 0.836. The van der Waals surface area contributed by atoms with Crippen molar-refractivity contribution in [2.24, 2.45) is 7.05 Å². The zero-order valence-corrected chi connectivity index (χ0v) is 13.9. The second-order valence-electron chi connectivity index (χ2n) is 6.27. The molecule has 0 saturated carbocycles. The third kappa shape index (κ3) is 3.61. The van der Waals surface area contributed by atoms with E-state index in [1.54, 1.807) is 15.8 Å². The van der Waals surface area contributed by atoms with Gasteiger partial charge in [-0.25, -0.2) is 0 Å². The lowest BCUT2D eigenvalue weighted by Gasteiger charge is -2.24. The summed E-state index contributed by atoms with van der Waals surface area (Å²) in [6, 6.07) is 2.12. The molecule has 1 fully saturated rings. The average molecular weight is 317 g/mol. The topological polar surface area (TPSA) is 67.4 Å². The van der Waals surface area contributed by atoms with Gasteiger partial charge in [0.15, 0.2) is 5.76 Å². The van der Waals surface area contributed by atoms with E-state index in [2.05, 4.69) is 15.2 Å². The summed E-state index contributed by atoms with van der Waals surface area (Å²) in [6.45, 7) is 3.81. The van der Waals surface area contributed by atoms with Crippen molar-refractivity contribution in [1.82, 2.24) is 24.7 Å². The van der Waals surface area contributed by atoms with Crippen LogP contribution in [0.1, 0.15) is 35.9 Å². The van der Waals surface area contributed by atoms with Crippen LogP contribution in [0.15, 0.2) is 23.0 Å². The van der Waals surface area contributed by atoms with Gasteiger partial charge in [0.2, 0.25) is 5.91 Å². The van der Waals surface area contributed by atoms with Gasteiger partial charge in [-0.2, -0.15) is 5.10 Å². The highest BCUT2D eigenvalue weighted by Gasteiger charge is 2.31. The number of hydrogen-bond donors (Lipinski definition) is 0. The lowest BCUT2D eigenvalue weighted by Crippen LogP contribution is -2.37. The summed E-state index contributed by atoms with van der Waals surface area (Å²) in [5.41, 5.74) is 1.92. The van der Waals surface area contributed by atoms with Crippen LogP contribution >= 0.6 is 0 Å². The number of nitrogens with zero attached hydrogens (tertiary/aromatic N) is 5. The van der Waals surface area contributed by atoms with Gasteiger partial charge in [-0.05, 0) is 26.3 Å². The van der Waals surface area contributed by atoms with Gasteiger partial charge in [0.25, 0.3) is 0 Å². The minimum atomic E-state index is 0.108. The Morgan fingerprint density at radius 1 is 1.52 bits per heavy atom. The van der Waals surface area contributed by atoms with Crippen molar-refractivity contribution in [1.29, 1.82) is 0 Å².